The molecular weight excluding hydrogens is 276 g/mol. The largest absolute Gasteiger partial charge is 0.456 e. The zero-order valence-corrected chi connectivity index (χ0v) is 11.6. The number of thiocarbonyl (C=S) groups is 1. The van der Waals surface area contributed by atoms with Gasteiger partial charge in [-0.1, -0.05) is 12.2 Å². The van der Waals surface area contributed by atoms with E-state index in [4.69, 9.17) is 14.2 Å². The highest BCUT2D eigenvalue weighted by Gasteiger charge is 2.35. The lowest BCUT2D eigenvalue weighted by Crippen LogP contribution is -2.47. The molecule has 0 unspecified atom stereocenters. The van der Waals surface area contributed by atoms with E-state index in [1.807, 2.05) is 0 Å². The second-order valence-corrected chi connectivity index (χ2v) is 3.89. The second-order valence-electron chi connectivity index (χ2n) is 3.61. The molecule has 108 valence electrons. The first-order valence-corrected chi connectivity index (χ1v) is 5.86. The zero-order chi connectivity index (χ0) is 15.0. The fraction of sp³-hybridized carbons (Fsp3) is 0.636. The molecular formula is C11H16O7S. The van der Waals surface area contributed by atoms with Gasteiger partial charge in [-0.15, -0.1) is 0 Å². The van der Waals surface area contributed by atoms with Crippen molar-refractivity contribution in [2.24, 2.45) is 0 Å². The Morgan fingerprint density at radius 1 is 1.05 bits per heavy atom. The Labute approximate surface area is 115 Å². The third-order valence-electron chi connectivity index (χ3n) is 1.93. The van der Waals surface area contributed by atoms with Gasteiger partial charge in [0.2, 0.25) is 0 Å². The van der Waals surface area contributed by atoms with E-state index < -0.39 is 42.8 Å². The van der Waals surface area contributed by atoms with Crippen molar-refractivity contribution in [1.82, 2.24) is 0 Å². The molecule has 1 N–H and O–H groups in total. The van der Waals surface area contributed by atoms with E-state index in [-0.39, 0.29) is 0 Å². The third-order valence-corrected chi connectivity index (χ3v) is 2.19. The summed E-state index contributed by atoms with van der Waals surface area (Å²) >= 11 is 4.69. The summed E-state index contributed by atoms with van der Waals surface area (Å²) in [5.41, 5.74) is 0. The van der Waals surface area contributed by atoms with Gasteiger partial charge >= 0.3 is 17.9 Å². The number of hydrogen-bond acceptors (Lipinski definition) is 8. The Morgan fingerprint density at radius 3 is 1.84 bits per heavy atom. The quantitative estimate of drug-likeness (QED) is 0.390. The first kappa shape index (κ1) is 17.5. The zero-order valence-electron chi connectivity index (χ0n) is 10.8. The van der Waals surface area contributed by atoms with Crippen LogP contribution >= 0.6 is 12.2 Å². The van der Waals surface area contributed by atoms with E-state index in [9.17, 15) is 19.5 Å². The molecule has 7 nitrogen and oxygen atoms in total. The summed E-state index contributed by atoms with van der Waals surface area (Å²) in [6.07, 6.45) is -3.48. The van der Waals surface area contributed by atoms with Crippen LogP contribution in [0.5, 0.6) is 0 Å². The number of aliphatic hydroxyl groups excluding tert-OH is 1. The molecule has 0 heterocycles. The topological polar surface area (TPSA) is 99.1 Å². The van der Waals surface area contributed by atoms with Crippen LogP contribution in [0.1, 0.15) is 20.8 Å². The SMILES string of the molecule is CC(=O)O[C@H]([C@H](C=S)OC(C)=O)[C@@H](CO)OC(C)=O. The summed E-state index contributed by atoms with van der Waals surface area (Å²) < 4.78 is 14.6. The van der Waals surface area contributed by atoms with E-state index in [0.717, 1.165) is 26.1 Å². The first-order valence-electron chi connectivity index (χ1n) is 5.39. The molecule has 0 rings (SSSR count). The molecule has 0 radical (unpaired) electrons. The van der Waals surface area contributed by atoms with Crippen LogP contribution in [0.4, 0.5) is 0 Å². The average molecular weight is 292 g/mol. The molecule has 8 heteroatoms. The van der Waals surface area contributed by atoms with E-state index in [1.54, 1.807) is 0 Å². The van der Waals surface area contributed by atoms with Gasteiger partial charge in [0.1, 0.15) is 0 Å². The number of rotatable bonds is 7. The summed E-state index contributed by atoms with van der Waals surface area (Å²) in [6.45, 7) is 2.80. The van der Waals surface area contributed by atoms with Gasteiger partial charge < -0.3 is 19.3 Å². The van der Waals surface area contributed by atoms with Crippen LogP contribution in [0.2, 0.25) is 0 Å². The summed E-state index contributed by atoms with van der Waals surface area (Å²) in [5.74, 6) is -2.02. The first-order chi connectivity index (χ1) is 8.81. The highest BCUT2D eigenvalue weighted by Crippen LogP contribution is 2.13. The van der Waals surface area contributed by atoms with Crippen molar-refractivity contribution in [1.29, 1.82) is 0 Å². The maximum absolute atomic E-state index is 11.0. The Balaban J connectivity index is 5.11. The molecule has 3 atom stereocenters. The lowest BCUT2D eigenvalue weighted by atomic mass is 10.1. The molecule has 0 aromatic rings. The number of esters is 3. The normalized spacial score (nSPS) is 14.7. The number of carbonyl (C=O) groups excluding carboxylic acids is 3. The van der Waals surface area contributed by atoms with Crippen LogP contribution in [0, 0.1) is 0 Å². The molecule has 19 heavy (non-hydrogen) atoms. The van der Waals surface area contributed by atoms with Crippen LogP contribution in [0.3, 0.4) is 0 Å². The fourth-order valence-corrected chi connectivity index (χ4v) is 1.54. The lowest BCUT2D eigenvalue weighted by Gasteiger charge is -2.28. The van der Waals surface area contributed by atoms with Crippen LogP contribution in [0.15, 0.2) is 0 Å². The number of aliphatic hydroxyl groups is 1. The third kappa shape index (κ3) is 6.82. The van der Waals surface area contributed by atoms with E-state index >= 15 is 0 Å². The summed E-state index contributed by atoms with van der Waals surface area (Å²) in [6, 6.07) is 0. The van der Waals surface area contributed by atoms with E-state index in [0.29, 0.717) is 0 Å². The maximum Gasteiger partial charge on any atom is 0.303 e. The Morgan fingerprint density at radius 2 is 1.53 bits per heavy atom. The van der Waals surface area contributed by atoms with Crippen molar-refractivity contribution < 1.29 is 33.7 Å². The van der Waals surface area contributed by atoms with Crippen molar-refractivity contribution >= 4 is 35.5 Å². The van der Waals surface area contributed by atoms with Gasteiger partial charge in [-0.05, 0) is 0 Å². The molecule has 0 aromatic heterocycles. The minimum absolute atomic E-state index is 0.613. The second kappa shape index (κ2) is 8.54. The van der Waals surface area contributed by atoms with Crippen LogP contribution < -0.4 is 0 Å². The fourth-order valence-electron chi connectivity index (χ4n) is 1.33. The summed E-state index contributed by atoms with van der Waals surface area (Å²) in [4.78, 5) is 32.9. The molecule has 0 aliphatic rings. The highest BCUT2D eigenvalue weighted by atomic mass is 32.1. The predicted octanol–water partition coefficient (Wildman–Crippen LogP) is -0.227. The predicted molar refractivity (Wildman–Crippen MR) is 67.4 cm³/mol. The molecule has 0 fully saturated rings. The van der Waals surface area contributed by atoms with Crippen molar-refractivity contribution in [3.63, 3.8) is 0 Å². The minimum atomic E-state index is -1.20. The lowest BCUT2D eigenvalue weighted by molar-refractivity contribution is -0.179. The molecule has 0 aromatic carbocycles. The van der Waals surface area contributed by atoms with Gasteiger partial charge in [-0.3, -0.25) is 14.4 Å². The standard InChI is InChI=1S/C11H16O7S/c1-6(13)16-9(4-12)11(18-8(3)15)10(5-19)17-7(2)14/h5,9-12H,4H2,1-3H3/t9-,10+,11+/m1/s1. The van der Waals surface area contributed by atoms with Crippen LogP contribution in [-0.4, -0.2) is 53.3 Å². The molecule has 0 amide bonds. The summed E-state index contributed by atoms with van der Waals surface area (Å²) in [7, 11) is 0. The van der Waals surface area contributed by atoms with Gasteiger partial charge in [0.05, 0.1) is 6.61 Å². The Hall–Kier alpha value is -1.54. The number of carbonyl (C=O) groups is 3. The van der Waals surface area contributed by atoms with Gasteiger partial charge in [-0.25, -0.2) is 0 Å². The Kier molecular flexibility index (Phi) is 7.85. The maximum atomic E-state index is 11.0. The molecule has 0 saturated carbocycles. The highest BCUT2D eigenvalue weighted by molar-refractivity contribution is 7.79. The van der Waals surface area contributed by atoms with Crippen molar-refractivity contribution in [3.05, 3.63) is 0 Å². The molecule has 0 bridgehead atoms. The van der Waals surface area contributed by atoms with Crippen molar-refractivity contribution in [2.75, 3.05) is 6.61 Å². The van der Waals surface area contributed by atoms with Crippen molar-refractivity contribution in [3.8, 4) is 0 Å². The average Bonchev–Trinajstić information content (AvgIpc) is 2.29. The van der Waals surface area contributed by atoms with E-state index in [2.05, 4.69) is 12.2 Å². The van der Waals surface area contributed by atoms with Gasteiger partial charge in [0.25, 0.3) is 0 Å². The number of hydrogen-bond donors (Lipinski definition) is 1. The molecule has 0 aliphatic heterocycles. The monoisotopic (exact) mass is 292 g/mol. The summed E-state index contributed by atoms with van der Waals surface area (Å²) in [5, 5.41) is 10.2. The van der Waals surface area contributed by atoms with Crippen LogP contribution in [0.25, 0.3) is 0 Å². The minimum Gasteiger partial charge on any atom is -0.456 e. The molecule has 0 spiro atoms. The molecule has 0 saturated heterocycles. The van der Waals surface area contributed by atoms with Gasteiger partial charge in [-0.2, -0.15) is 0 Å². The van der Waals surface area contributed by atoms with Crippen LogP contribution in [-0.2, 0) is 28.6 Å². The molecule has 0 aliphatic carbocycles. The van der Waals surface area contributed by atoms with E-state index in [1.165, 1.54) is 0 Å². The number of ether oxygens (including phenoxy) is 3. The van der Waals surface area contributed by atoms with Gasteiger partial charge in [0, 0.05) is 26.1 Å². The van der Waals surface area contributed by atoms with Gasteiger partial charge in [0.15, 0.2) is 18.3 Å². The smallest absolute Gasteiger partial charge is 0.303 e. The van der Waals surface area contributed by atoms with Crippen molar-refractivity contribution in [2.45, 2.75) is 39.1 Å². The Bertz CT molecular complexity index is 355.